The van der Waals surface area contributed by atoms with Gasteiger partial charge in [0.1, 0.15) is 12.2 Å². The third kappa shape index (κ3) is 40.5. The number of alkyl carbamates (subject to hydrolysis) is 1. The molecule has 378 valence electrons. The lowest BCUT2D eigenvalue weighted by molar-refractivity contribution is -0.161. The van der Waals surface area contributed by atoms with Crippen LogP contribution >= 0.6 is 8.60 Å². The molecule has 65 heavy (non-hydrogen) atoms. The summed E-state index contributed by atoms with van der Waals surface area (Å²) < 4.78 is 35.3. The van der Waals surface area contributed by atoms with Crippen LogP contribution in [0.3, 0.4) is 0 Å². The van der Waals surface area contributed by atoms with Crippen LogP contribution in [0.1, 0.15) is 259 Å². The van der Waals surface area contributed by atoms with E-state index in [1.54, 1.807) is 20.8 Å². The number of unbranched alkanes of at least 4 members (excludes halogenated alkanes) is 28. The first-order valence-corrected chi connectivity index (χ1v) is 27.7. The van der Waals surface area contributed by atoms with Crippen molar-refractivity contribution in [3.8, 4) is 0 Å². The van der Waals surface area contributed by atoms with Crippen molar-refractivity contribution in [1.29, 1.82) is 0 Å². The molecule has 0 radical (unpaired) electrons. The molecule has 0 heterocycles. The van der Waals surface area contributed by atoms with Gasteiger partial charge in [-0.1, -0.05) is 224 Å². The summed E-state index contributed by atoms with van der Waals surface area (Å²) in [6.45, 7) is 11.9. The Morgan fingerprint density at radius 2 is 0.969 bits per heavy atom. The second kappa shape index (κ2) is 43.0. The zero-order valence-corrected chi connectivity index (χ0v) is 43.5. The molecule has 0 aromatic heterocycles. The van der Waals surface area contributed by atoms with Crippen LogP contribution in [0.25, 0.3) is 0 Å². The first kappa shape index (κ1) is 60.8. The van der Waals surface area contributed by atoms with Crippen molar-refractivity contribution in [2.75, 3.05) is 26.4 Å². The Hall–Kier alpha value is -2.26. The Balaban J connectivity index is 2.59. The first-order valence-electron chi connectivity index (χ1n) is 26.6. The van der Waals surface area contributed by atoms with Crippen LogP contribution in [-0.2, 0) is 37.4 Å². The zero-order chi connectivity index (χ0) is 47.5. The molecule has 0 saturated heterocycles. The standard InChI is InChI=1S/C54H98NO9P/c1-7-9-11-13-15-17-19-21-23-25-27-29-31-33-38-42-51(56)59-46-50(62-52(57)43-39-34-32-30-28-26-24-22-20-18-16-14-12-10-8-2)47-61-65(64-48(3)49-40-36-35-37-41-49)60-45-44-55-53(58)63-54(4,5)6/h35-37,40-41,48,50H,7-34,38-39,42-47H2,1-6H3,(H,55,58)/t48?,50-,65?/m1/s1. The number of esters is 2. The summed E-state index contributed by atoms with van der Waals surface area (Å²) in [5.74, 6) is -0.638. The van der Waals surface area contributed by atoms with Gasteiger partial charge >= 0.3 is 26.6 Å². The fourth-order valence-electron chi connectivity index (χ4n) is 7.64. The van der Waals surface area contributed by atoms with Gasteiger partial charge in [-0.05, 0) is 46.1 Å². The second-order valence-electron chi connectivity index (χ2n) is 19.1. The fourth-order valence-corrected chi connectivity index (χ4v) is 8.75. The van der Waals surface area contributed by atoms with E-state index in [0.717, 1.165) is 44.1 Å². The van der Waals surface area contributed by atoms with Crippen molar-refractivity contribution in [2.24, 2.45) is 0 Å². The van der Waals surface area contributed by atoms with Crippen LogP contribution in [0.2, 0.25) is 0 Å². The monoisotopic (exact) mass is 936 g/mol. The highest BCUT2D eigenvalue weighted by molar-refractivity contribution is 7.41. The largest absolute Gasteiger partial charge is 0.462 e. The van der Waals surface area contributed by atoms with Gasteiger partial charge in [0.2, 0.25) is 0 Å². The van der Waals surface area contributed by atoms with Crippen LogP contribution in [0.4, 0.5) is 4.79 Å². The first-order chi connectivity index (χ1) is 31.5. The maximum absolute atomic E-state index is 13.1. The quantitative estimate of drug-likeness (QED) is 0.0295. The number of nitrogens with one attached hydrogen (secondary N) is 1. The molecule has 1 aromatic rings. The molecule has 1 rings (SSSR count). The average Bonchev–Trinajstić information content (AvgIpc) is 3.28. The van der Waals surface area contributed by atoms with E-state index in [0.29, 0.717) is 12.8 Å². The molecule has 0 bridgehead atoms. The summed E-state index contributed by atoms with van der Waals surface area (Å²) in [6, 6.07) is 9.73. The fraction of sp³-hybridized carbons (Fsp3) is 0.833. The van der Waals surface area contributed by atoms with Gasteiger partial charge in [-0.2, -0.15) is 0 Å². The van der Waals surface area contributed by atoms with E-state index in [1.807, 2.05) is 37.3 Å². The van der Waals surface area contributed by atoms with Crippen LogP contribution < -0.4 is 5.32 Å². The minimum absolute atomic E-state index is 0.0798. The number of ether oxygens (including phenoxy) is 3. The van der Waals surface area contributed by atoms with Gasteiger partial charge < -0.3 is 33.1 Å². The molecule has 1 N–H and O–H groups in total. The third-order valence-electron chi connectivity index (χ3n) is 11.5. The minimum atomic E-state index is -1.94. The predicted octanol–water partition coefficient (Wildman–Crippen LogP) is 16.5. The van der Waals surface area contributed by atoms with Crippen molar-refractivity contribution in [3.05, 3.63) is 35.9 Å². The van der Waals surface area contributed by atoms with Gasteiger partial charge in [0.15, 0.2) is 6.10 Å². The van der Waals surface area contributed by atoms with Crippen molar-refractivity contribution < 1.29 is 42.2 Å². The molecule has 0 aliphatic heterocycles. The summed E-state index contributed by atoms with van der Waals surface area (Å²) in [4.78, 5) is 38.2. The van der Waals surface area contributed by atoms with E-state index in [1.165, 1.54) is 154 Å². The van der Waals surface area contributed by atoms with E-state index in [2.05, 4.69) is 19.2 Å². The molecule has 0 spiro atoms. The van der Waals surface area contributed by atoms with E-state index in [-0.39, 0.29) is 44.4 Å². The summed E-state index contributed by atoms with van der Waals surface area (Å²) in [5.41, 5.74) is 0.321. The van der Waals surface area contributed by atoms with E-state index in [9.17, 15) is 14.4 Å². The van der Waals surface area contributed by atoms with Crippen LogP contribution in [0.15, 0.2) is 30.3 Å². The van der Waals surface area contributed by atoms with E-state index >= 15 is 0 Å². The van der Waals surface area contributed by atoms with Gasteiger partial charge in [0, 0.05) is 19.4 Å². The Kier molecular flexibility index (Phi) is 40.2. The summed E-state index contributed by atoms with van der Waals surface area (Å²) in [6.07, 6.45) is 36.6. The van der Waals surface area contributed by atoms with Crippen LogP contribution in [0.5, 0.6) is 0 Å². The summed E-state index contributed by atoms with van der Waals surface area (Å²) in [5, 5.41) is 2.69. The SMILES string of the molecule is CCCCCCCCCCCCCCCCCC(=O)OC[C@H](COP(OCCNC(=O)OC(C)(C)C)OC(C)c1ccccc1)OC(=O)CCCCCCCCCCCCCCCCC. The predicted molar refractivity (Wildman–Crippen MR) is 269 cm³/mol. The number of rotatable bonds is 45. The van der Waals surface area contributed by atoms with Gasteiger partial charge in [-0.3, -0.25) is 9.59 Å². The van der Waals surface area contributed by atoms with Gasteiger partial charge in [-0.25, -0.2) is 4.79 Å². The molecular formula is C54H98NO9P. The normalized spacial score (nSPS) is 13.0. The minimum Gasteiger partial charge on any atom is -0.462 e. The van der Waals surface area contributed by atoms with Gasteiger partial charge in [-0.15, -0.1) is 0 Å². The van der Waals surface area contributed by atoms with Gasteiger partial charge in [0.05, 0.1) is 19.3 Å². The number of carbonyl (C=O) groups excluding carboxylic acids is 3. The Morgan fingerprint density at radius 1 is 0.554 bits per heavy atom. The van der Waals surface area contributed by atoms with Gasteiger partial charge in [0.25, 0.3) is 0 Å². The van der Waals surface area contributed by atoms with Crippen molar-refractivity contribution in [1.82, 2.24) is 5.32 Å². The average molecular weight is 936 g/mol. The molecule has 1 aromatic carbocycles. The van der Waals surface area contributed by atoms with Crippen molar-refractivity contribution >= 4 is 26.6 Å². The maximum atomic E-state index is 13.1. The highest BCUT2D eigenvalue weighted by Gasteiger charge is 2.24. The third-order valence-corrected chi connectivity index (χ3v) is 12.8. The molecule has 10 nitrogen and oxygen atoms in total. The molecule has 2 unspecified atom stereocenters. The molecular weight excluding hydrogens is 838 g/mol. The molecule has 0 fully saturated rings. The van der Waals surface area contributed by atoms with Crippen LogP contribution in [-0.4, -0.2) is 56.1 Å². The molecule has 11 heteroatoms. The smallest absolute Gasteiger partial charge is 0.407 e. The number of benzene rings is 1. The number of hydrogen-bond donors (Lipinski definition) is 1. The molecule has 0 aliphatic carbocycles. The highest BCUT2D eigenvalue weighted by Crippen LogP contribution is 2.44. The lowest BCUT2D eigenvalue weighted by atomic mass is 10.0. The number of hydrogen-bond acceptors (Lipinski definition) is 9. The molecule has 0 saturated carbocycles. The molecule has 3 atom stereocenters. The molecule has 0 aliphatic rings. The van der Waals surface area contributed by atoms with Crippen LogP contribution in [0, 0.1) is 0 Å². The van der Waals surface area contributed by atoms with E-state index < -0.39 is 26.4 Å². The lowest BCUT2D eigenvalue weighted by Crippen LogP contribution is -2.34. The highest BCUT2D eigenvalue weighted by atomic mass is 31.2. The molecule has 1 amide bonds. The Morgan fingerprint density at radius 3 is 1.40 bits per heavy atom. The Bertz CT molecular complexity index is 1250. The summed E-state index contributed by atoms with van der Waals surface area (Å²) in [7, 11) is -1.94. The number of carbonyl (C=O) groups is 3. The van der Waals surface area contributed by atoms with Crippen molar-refractivity contribution in [3.63, 3.8) is 0 Å². The summed E-state index contributed by atoms with van der Waals surface area (Å²) >= 11 is 0. The topological polar surface area (TPSA) is 119 Å². The van der Waals surface area contributed by atoms with E-state index in [4.69, 9.17) is 27.8 Å². The lowest BCUT2D eigenvalue weighted by Gasteiger charge is -2.24. The number of amides is 1. The second-order valence-corrected chi connectivity index (χ2v) is 20.3. The van der Waals surface area contributed by atoms with Crippen molar-refractivity contribution in [2.45, 2.75) is 265 Å². The zero-order valence-electron chi connectivity index (χ0n) is 42.6. The maximum Gasteiger partial charge on any atom is 0.407 e. The Labute approximate surface area is 399 Å².